The van der Waals surface area contributed by atoms with Crippen LogP contribution in [0.5, 0.6) is 0 Å². The predicted octanol–water partition coefficient (Wildman–Crippen LogP) is 3.05. The molecule has 0 radical (unpaired) electrons. The van der Waals surface area contributed by atoms with E-state index >= 15 is 0 Å². The molecule has 1 aromatic carbocycles. The molecular weight excluding hydrogens is 309 g/mol. The molecule has 1 aromatic rings. The van der Waals surface area contributed by atoms with Crippen molar-refractivity contribution in [1.82, 2.24) is 5.32 Å². The van der Waals surface area contributed by atoms with Crippen LogP contribution < -0.4 is 5.32 Å². The standard InChI is InChI=1S/C19H26FNO3/c1-13(2)17(12-14-5-7-15(20)8-6-14)21-18(22)16-4-3-9-19(16)23-10-11-24-19/h5-8,13,16-17H,3-4,9-12H2,1-2H3,(H,21,22)/t16-,17+/m1/s1. The smallest absolute Gasteiger partial charge is 0.228 e. The number of carbonyl (C=O) groups excluding carboxylic acids is 1. The molecule has 1 aliphatic carbocycles. The summed E-state index contributed by atoms with van der Waals surface area (Å²) in [5.41, 5.74) is 1.02. The highest BCUT2D eigenvalue weighted by atomic mass is 19.1. The summed E-state index contributed by atoms with van der Waals surface area (Å²) >= 11 is 0. The third-order valence-corrected chi connectivity index (χ3v) is 5.14. The van der Waals surface area contributed by atoms with E-state index in [9.17, 15) is 9.18 Å². The van der Waals surface area contributed by atoms with Crippen LogP contribution in [0.1, 0.15) is 38.7 Å². The van der Waals surface area contributed by atoms with E-state index in [1.807, 2.05) is 0 Å². The lowest BCUT2D eigenvalue weighted by molar-refractivity contribution is -0.187. The summed E-state index contributed by atoms with van der Waals surface area (Å²) in [6, 6.07) is 6.47. The minimum absolute atomic E-state index is 0.00187. The maximum absolute atomic E-state index is 13.1. The zero-order chi connectivity index (χ0) is 17.2. The largest absolute Gasteiger partial charge is 0.352 e. The van der Waals surface area contributed by atoms with Crippen LogP contribution in [-0.4, -0.2) is 30.9 Å². The van der Waals surface area contributed by atoms with E-state index in [-0.39, 0.29) is 29.6 Å². The van der Waals surface area contributed by atoms with Crippen molar-refractivity contribution in [3.63, 3.8) is 0 Å². The van der Waals surface area contributed by atoms with Gasteiger partial charge >= 0.3 is 0 Å². The number of hydrogen-bond acceptors (Lipinski definition) is 3. The molecule has 2 fully saturated rings. The van der Waals surface area contributed by atoms with Gasteiger partial charge in [-0.3, -0.25) is 4.79 Å². The third-order valence-electron chi connectivity index (χ3n) is 5.14. The van der Waals surface area contributed by atoms with Gasteiger partial charge in [-0.15, -0.1) is 0 Å². The highest BCUT2D eigenvalue weighted by molar-refractivity contribution is 5.80. The Bertz CT molecular complexity index is 561. The fourth-order valence-corrected chi connectivity index (χ4v) is 3.70. The number of carbonyl (C=O) groups is 1. The molecule has 4 nitrogen and oxygen atoms in total. The molecule has 1 aliphatic heterocycles. The molecule has 1 saturated carbocycles. The average molecular weight is 335 g/mol. The van der Waals surface area contributed by atoms with Crippen molar-refractivity contribution < 1.29 is 18.7 Å². The summed E-state index contributed by atoms with van der Waals surface area (Å²) in [7, 11) is 0. The maximum atomic E-state index is 13.1. The molecule has 132 valence electrons. The van der Waals surface area contributed by atoms with Crippen molar-refractivity contribution in [2.45, 2.75) is 51.4 Å². The van der Waals surface area contributed by atoms with Gasteiger partial charge in [0.15, 0.2) is 5.79 Å². The quantitative estimate of drug-likeness (QED) is 0.900. The molecule has 1 saturated heterocycles. The van der Waals surface area contributed by atoms with Crippen LogP contribution in [0.3, 0.4) is 0 Å². The Kier molecular flexibility index (Phi) is 5.21. The molecule has 1 spiro atoms. The second kappa shape index (κ2) is 7.19. The molecule has 1 heterocycles. The van der Waals surface area contributed by atoms with Crippen molar-refractivity contribution in [2.75, 3.05) is 13.2 Å². The van der Waals surface area contributed by atoms with Gasteiger partial charge in [0.05, 0.1) is 19.1 Å². The van der Waals surface area contributed by atoms with Crippen molar-refractivity contribution in [1.29, 1.82) is 0 Å². The molecule has 3 rings (SSSR count). The van der Waals surface area contributed by atoms with Crippen molar-refractivity contribution >= 4 is 5.91 Å². The number of benzene rings is 1. The van der Waals surface area contributed by atoms with Gasteiger partial charge in [0.1, 0.15) is 5.82 Å². The molecule has 2 aliphatic rings. The fourth-order valence-electron chi connectivity index (χ4n) is 3.70. The number of nitrogens with one attached hydrogen (secondary N) is 1. The van der Waals surface area contributed by atoms with Crippen LogP contribution in [-0.2, 0) is 20.7 Å². The van der Waals surface area contributed by atoms with Crippen molar-refractivity contribution in [3.8, 4) is 0 Å². The summed E-state index contributed by atoms with van der Waals surface area (Å²) in [6.07, 6.45) is 3.22. The molecule has 0 bridgehead atoms. The van der Waals surface area contributed by atoms with Crippen LogP contribution in [0.15, 0.2) is 24.3 Å². The maximum Gasteiger partial charge on any atom is 0.228 e. The van der Waals surface area contributed by atoms with Crippen molar-refractivity contribution in [3.05, 3.63) is 35.6 Å². The minimum Gasteiger partial charge on any atom is -0.352 e. The Morgan fingerprint density at radius 1 is 1.29 bits per heavy atom. The minimum atomic E-state index is -0.707. The second-order valence-electron chi connectivity index (χ2n) is 7.14. The fraction of sp³-hybridized carbons (Fsp3) is 0.632. The summed E-state index contributed by atoms with van der Waals surface area (Å²) < 4.78 is 24.6. The van der Waals surface area contributed by atoms with Crippen molar-refractivity contribution in [2.24, 2.45) is 11.8 Å². The Labute approximate surface area is 142 Å². The Morgan fingerprint density at radius 2 is 1.96 bits per heavy atom. The summed E-state index contributed by atoms with van der Waals surface area (Å²) in [6.45, 7) is 5.29. The SMILES string of the molecule is CC(C)[C@H](Cc1ccc(F)cc1)NC(=O)[C@H]1CCCC12OCCO2. The lowest BCUT2D eigenvalue weighted by Crippen LogP contribution is -2.49. The monoisotopic (exact) mass is 335 g/mol. The van der Waals surface area contributed by atoms with Gasteiger partial charge in [0.25, 0.3) is 0 Å². The van der Waals surface area contributed by atoms with E-state index in [1.54, 1.807) is 12.1 Å². The third kappa shape index (κ3) is 3.62. The van der Waals surface area contributed by atoms with Gasteiger partial charge in [-0.25, -0.2) is 4.39 Å². The lowest BCUT2D eigenvalue weighted by Gasteiger charge is -2.31. The van der Waals surface area contributed by atoms with Crippen LogP contribution in [0.25, 0.3) is 0 Å². The average Bonchev–Trinajstić information content (AvgIpc) is 3.19. The van der Waals surface area contributed by atoms with Gasteiger partial charge in [-0.2, -0.15) is 0 Å². The first kappa shape index (κ1) is 17.4. The molecular formula is C19H26FNO3. The van der Waals surface area contributed by atoms with Gasteiger partial charge < -0.3 is 14.8 Å². The van der Waals surface area contributed by atoms with Gasteiger partial charge in [-0.05, 0) is 42.9 Å². The predicted molar refractivity (Wildman–Crippen MR) is 88.8 cm³/mol. The topological polar surface area (TPSA) is 47.6 Å². The molecule has 1 N–H and O–H groups in total. The molecule has 5 heteroatoms. The van der Waals surface area contributed by atoms with Gasteiger partial charge in [0, 0.05) is 12.5 Å². The van der Waals surface area contributed by atoms with E-state index < -0.39 is 5.79 Å². The van der Waals surface area contributed by atoms with E-state index in [0.717, 1.165) is 24.8 Å². The first-order valence-corrected chi connectivity index (χ1v) is 8.83. The number of halogens is 1. The first-order valence-electron chi connectivity index (χ1n) is 8.83. The van der Waals surface area contributed by atoms with Crippen LogP contribution in [0.4, 0.5) is 4.39 Å². The number of rotatable bonds is 5. The molecule has 2 atom stereocenters. The molecule has 24 heavy (non-hydrogen) atoms. The summed E-state index contributed by atoms with van der Waals surface area (Å²) in [5, 5.41) is 3.18. The van der Waals surface area contributed by atoms with E-state index in [2.05, 4.69) is 19.2 Å². The van der Waals surface area contributed by atoms with Crippen LogP contribution >= 0.6 is 0 Å². The first-order chi connectivity index (χ1) is 11.5. The number of hydrogen-bond donors (Lipinski definition) is 1. The lowest BCUT2D eigenvalue weighted by atomic mass is 9.94. The molecule has 0 unspecified atom stereocenters. The van der Waals surface area contributed by atoms with Crippen LogP contribution in [0.2, 0.25) is 0 Å². The van der Waals surface area contributed by atoms with E-state index in [0.29, 0.717) is 19.6 Å². The Morgan fingerprint density at radius 3 is 2.58 bits per heavy atom. The Hall–Kier alpha value is -1.46. The summed E-state index contributed by atoms with van der Waals surface area (Å²) in [4.78, 5) is 12.8. The van der Waals surface area contributed by atoms with Gasteiger partial charge in [0.2, 0.25) is 5.91 Å². The number of ether oxygens (including phenoxy) is 2. The van der Waals surface area contributed by atoms with Gasteiger partial charge in [-0.1, -0.05) is 26.0 Å². The van der Waals surface area contributed by atoms with Crippen LogP contribution in [0, 0.1) is 17.7 Å². The molecule has 0 aromatic heterocycles. The normalized spacial score (nSPS) is 23.8. The van der Waals surface area contributed by atoms with E-state index in [1.165, 1.54) is 12.1 Å². The van der Waals surface area contributed by atoms with E-state index in [4.69, 9.17) is 9.47 Å². The highest BCUT2D eigenvalue weighted by Gasteiger charge is 2.51. The number of amides is 1. The Balaban J connectivity index is 1.66. The zero-order valence-corrected chi connectivity index (χ0v) is 14.4. The summed E-state index contributed by atoms with van der Waals surface area (Å²) in [5.74, 6) is -0.902. The second-order valence-corrected chi connectivity index (χ2v) is 7.14. The zero-order valence-electron chi connectivity index (χ0n) is 14.4. The highest BCUT2D eigenvalue weighted by Crippen LogP contribution is 2.42. The molecule has 1 amide bonds.